The van der Waals surface area contributed by atoms with Crippen LogP contribution in [0.15, 0.2) is 48.5 Å². The van der Waals surface area contributed by atoms with E-state index in [4.69, 9.17) is 17.3 Å². The van der Waals surface area contributed by atoms with Gasteiger partial charge in [-0.25, -0.2) is 13.1 Å². The lowest BCUT2D eigenvalue weighted by Crippen LogP contribution is -2.56. The number of amides is 2. The van der Waals surface area contributed by atoms with Crippen LogP contribution < -0.4 is 15.8 Å². The molecule has 5 N–H and O–H groups in total. The molecular formula is C29H40ClN5O5S. The summed E-state index contributed by atoms with van der Waals surface area (Å²) in [6.07, 6.45) is 1.99. The number of nitrogens with two attached hydrogens (primary N) is 1. The lowest BCUT2D eigenvalue weighted by Gasteiger charge is -2.34. The molecule has 224 valence electrons. The van der Waals surface area contributed by atoms with Gasteiger partial charge in [0.15, 0.2) is 0 Å². The third kappa shape index (κ3) is 8.73. The highest BCUT2D eigenvalue weighted by Gasteiger charge is 2.39. The number of carbonyl (C=O) groups excluding carboxylic acids is 2. The molecule has 2 aliphatic rings. The van der Waals surface area contributed by atoms with Crippen LogP contribution in [0.25, 0.3) is 0 Å². The monoisotopic (exact) mass is 605 g/mol. The summed E-state index contributed by atoms with van der Waals surface area (Å²) in [6.45, 7) is 2.33. The van der Waals surface area contributed by atoms with Gasteiger partial charge in [0.2, 0.25) is 21.8 Å². The van der Waals surface area contributed by atoms with Crippen LogP contribution in [-0.4, -0.2) is 73.1 Å². The van der Waals surface area contributed by atoms with Crippen molar-refractivity contribution in [3.05, 3.63) is 70.2 Å². The van der Waals surface area contributed by atoms with Crippen molar-refractivity contribution in [2.45, 2.75) is 75.7 Å². The van der Waals surface area contributed by atoms with Gasteiger partial charge in [-0.1, -0.05) is 48.0 Å². The van der Waals surface area contributed by atoms with Gasteiger partial charge in [0, 0.05) is 44.2 Å². The van der Waals surface area contributed by atoms with Gasteiger partial charge in [-0.15, -0.1) is 0 Å². The Kier molecular flexibility index (Phi) is 11.2. The van der Waals surface area contributed by atoms with Gasteiger partial charge in [-0.2, -0.15) is 0 Å². The van der Waals surface area contributed by atoms with Gasteiger partial charge in [-0.05, 0) is 60.9 Å². The molecule has 2 aromatic carbocycles. The number of sulfonamides is 1. The largest absolute Gasteiger partial charge is 0.377 e. The van der Waals surface area contributed by atoms with E-state index in [2.05, 4.69) is 10.0 Å². The van der Waals surface area contributed by atoms with E-state index in [1.54, 1.807) is 46.2 Å². The molecule has 2 fully saturated rings. The van der Waals surface area contributed by atoms with Gasteiger partial charge in [-0.3, -0.25) is 14.5 Å². The lowest BCUT2D eigenvalue weighted by molar-refractivity contribution is -0.133. The lowest BCUT2D eigenvalue weighted by atomic mass is 10.1. The zero-order valence-corrected chi connectivity index (χ0v) is 24.7. The molecule has 2 aromatic rings. The van der Waals surface area contributed by atoms with Crippen molar-refractivity contribution in [2.75, 3.05) is 19.6 Å². The Labute approximate surface area is 247 Å². The maximum absolute atomic E-state index is 13.3. The molecule has 2 aliphatic heterocycles. The average Bonchev–Trinajstić information content (AvgIpc) is 3.67. The van der Waals surface area contributed by atoms with Crippen LogP contribution in [0.5, 0.6) is 0 Å². The van der Waals surface area contributed by atoms with E-state index >= 15 is 0 Å². The van der Waals surface area contributed by atoms with E-state index in [1.165, 1.54) is 0 Å². The van der Waals surface area contributed by atoms with Crippen molar-refractivity contribution in [2.24, 2.45) is 5.73 Å². The Balaban J connectivity index is 1.46. The van der Waals surface area contributed by atoms with Crippen molar-refractivity contribution in [3.8, 4) is 0 Å². The van der Waals surface area contributed by atoms with Crippen molar-refractivity contribution in [1.82, 2.24) is 19.8 Å². The molecule has 0 saturated carbocycles. The Bertz CT molecular complexity index is 1290. The second-order valence-corrected chi connectivity index (χ2v) is 12.9. The van der Waals surface area contributed by atoms with Crippen LogP contribution >= 0.6 is 11.6 Å². The first-order valence-electron chi connectivity index (χ1n) is 14.2. The number of nitrogens with one attached hydrogen (secondary N) is 2. The first-order valence-corrected chi connectivity index (χ1v) is 16.2. The molecule has 12 heteroatoms. The highest BCUT2D eigenvalue weighted by molar-refractivity contribution is 7.88. The summed E-state index contributed by atoms with van der Waals surface area (Å²) in [7, 11) is -3.86. The standard InChI is InChI=1S/C29H40ClN5O5S/c30-24-11-10-22(18-31)23(17-24)19-32-28(37)26-9-6-16-35(26)29(38)25(12-13-27(36)34-14-4-5-15-34)33-41(39,40)20-21-7-2-1-3-8-21/h1-3,7-8,10-11,17,25-26,29,33,38H,4-6,9,12-16,18-20,31H2,(H,32,37). The molecule has 41 heavy (non-hydrogen) atoms. The number of benzene rings is 2. The second kappa shape index (κ2) is 14.6. The van der Waals surface area contributed by atoms with E-state index in [0.717, 1.165) is 24.0 Å². The highest BCUT2D eigenvalue weighted by atomic mass is 35.5. The number of likely N-dealkylation sites (tertiary alicyclic amines) is 2. The number of aliphatic hydroxyl groups excluding tert-OH is 1. The quantitative estimate of drug-likeness (QED) is 0.274. The normalized spacial score (nSPS) is 19.3. The predicted molar refractivity (Wildman–Crippen MR) is 158 cm³/mol. The SMILES string of the molecule is NCc1ccc(Cl)cc1CNC(=O)C1CCCN1C(O)C(CCC(=O)N1CCCC1)NS(=O)(=O)Cc1ccccc1. The Morgan fingerprint density at radius 1 is 1.05 bits per heavy atom. The maximum Gasteiger partial charge on any atom is 0.237 e. The van der Waals surface area contributed by atoms with Gasteiger partial charge < -0.3 is 21.1 Å². The molecule has 2 saturated heterocycles. The third-order valence-corrected chi connectivity index (χ3v) is 9.41. The fraction of sp³-hybridized carbons (Fsp3) is 0.517. The first kappa shape index (κ1) is 31.4. The Hall–Kier alpha value is -2.54. The van der Waals surface area contributed by atoms with E-state index in [-0.39, 0.29) is 37.0 Å². The summed E-state index contributed by atoms with van der Waals surface area (Å²) < 4.78 is 29.0. The van der Waals surface area contributed by atoms with Crippen molar-refractivity contribution in [1.29, 1.82) is 0 Å². The van der Waals surface area contributed by atoms with E-state index in [0.29, 0.717) is 49.6 Å². The Morgan fingerprint density at radius 3 is 2.49 bits per heavy atom. The number of nitrogens with zero attached hydrogens (tertiary/aromatic N) is 2. The van der Waals surface area contributed by atoms with Gasteiger partial charge >= 0.3 is 0 Å². The average molecular weight is 606 g/mol. The molecule has 0 aliphatic carbocycles. The number of carbonyl (C=O) groups is 2. The summed E-state index contributed by atoms with van der Waals surface area (Å²) in [5.41, 5.74) is 8.12. The fourth-order valence-corrected chi connectivity index (χ4v) is 7.23. The summed E-state index contributed by atoms with van der Waals surface area (Å²) in [5.74, 6) is -0.595. The summed E-state index contributed by atoms with van der Waals surface area (Å²) in [4.78, 5) is 29.5. The zero-order chi connectivity index (χ0) is 29.4. The zero-order valence-electron chi connectivity index (χ0n) is 23.2. The third-order valence-electron chi connectivity index (χ3n) is 7.80. The molecule has 0 bridgehead atoms. The summed E-state index contributed by atoms with van der Waals surface area (Å²) >= 11 is 6.14. The molecule has 3 unspecified atom stereocenters. The number of aliphatic hydroxyl groups is 1. The number of hydrogen-bond donors (Lipinski definition) is 4. The summed E-state index contributed by atoms with van der Waals surface area (Å²) in [6, 6.07) is 12.5. The van der Waals surface area contributed by atoms with Crippen molar-refractivity contribution in [3.63, 3.8) is 0 Å². The maximum atomic E-state index is 13.3. The molecule has 4 rings (SSSR count). The minimum atomic E-state index is -3.86. The number of rotatable bonds is 13. The Morgan fingerprint density at radius 2 is 1.78 bits per heavy atom. The van der Waals surface area contributed by atoms with Gasteiger partial charge in [0.25, 0.3) is 0 Å². The minimum Gasteiger partial charge on any atom is -0.377 e. The van der Waals surface area contributed by atoms with Crippen molar-refractivity contribution >= 4 is 33.4 Å². The van der Waals surface area contributed by atoms with Crippen molar-refractivity contribution < 1.29 is 23.1 Å². The fourth-order valence-electron chi connectivity index (χ4n) is 5.62. The molecule has 10 nitrogen and oxygen atoms in total. The second-order valence-electron chi connectivity index (χ2n) is 10.7. The highest BCUT2D eigenvalue weighted by Crippen LogP contribution is 2.24. The molecule has 2 amide bonds. The topological polar surface area (TPSA) is 145 Å². The molecule has 2 heterocycles. The molecule has 0 radical (unpaired) electrons. The smallest absolute Gasteiger partial charge is 0.237 e. The van der Waals surface area contributed by atoms with Crippen LogP contribution in [0.4, 0.5) is 0 Å². The van der Waals surface area contributed by atoms with Crippen LogP contribution in [0.3, 0.4) is 0 Å². The van der Waals surface area contributed by atoms with E-state index in [1.807, 2.05) is 12.1 Å². The van der Waals surface area contributed by atoms with E-state index < -0.39 is 28.3 Å². The first-order chi connectivity index (χ1) is 19.7. The molecule has 0 spiro atoms. The van der Waals surface area contributed by atoms with Crippen LogP contribution in [0.1, 0.15) is 55.2 Å². The number of halogens is 1. The molecular weight excluding hydrogens is 566 g/mol. The van der Waals surface area contributed by atoms with Crippen LogP contribution in [0.2, 0.25) is 5.02 Å². The van der Waals surface area contributed by atoms with Crippen LogP contribution in [0, 0.1) is 0 Å². The number of hydrogen-bond acceptors (Lipinski definition) is 7. The predicted octanol–water partition coefficient (Wildman–Crippen LogP) is 2.09. The van der Waals surface area contributed by atoms with Crippen LogP contribution in [-0.2, 0) is 38.5 Å². The van der Waals surface area contributed by atoms with Gasteiger partial charge in [0.1, 0.15) is 6.23 Å². The molecule has 3 atom stereocenters. The van der Waals surface area contributed by atoms with E-state index in [9.17, 15) is 23.1 Å². The molecule has 0 aromatic heterocycles. The van der Waals surface area contributed by atoms with Gasteiger partial charge in [0.05, 0.1) is 17.8 Å². The summed E-state index contributed by atoms with van der Waals surface area (Å²) in [5, 5.41) is 15.0. The minimum absolute atomic E-state index is 0.0603.